The van der Waals surface area contributed by atoms with Crippen LogP contribution in [0.25, 0.3) is 0 Å². The maximum absolute atomic E-state index is 13.3. The second-order valence-corrected chi connectivity index (χ2v) is 10.1. The number of aromatic nitrogens is 2. The van der Waals surface area contributed by atoms with Crippen LogP contribution in [0.3, 0.4) is 0 Å². The molecule has 2 aromatic rings. The van der Waals surface area contributed by atoms with Crippen molar-refractivity contribution >= 4 is 21.8 Å². The third-order valence-electron chi connectivity index (χ3n) is 6.14. The van der Waals surface area contributed by atoms with Crippen molar-refractivity contribution in [2.24, 2.45) is 0 Å². The van der Waals surface area contributed by atoms with Crippen molar-refractivity contribution in [3.05, 3.63) is 35.5 Å². The number of methoxy groups -OCH3 is 1. The number of hydrogen-bond donors (Lipinski definition) is 0. The topological polar surface area (TPSA) is 78.9 Å². The Kier molecular flexibility index (Phi) is 6.34. The fraction of sp³-hybridized carbons (Fsp3) is 0.545. The van der Waals surface area contributed by atoms with Crippen LogP contribution in [0, 0.1) is 13.8 Å². The maximum atomic E-state index is 13.3. The van der Waals surface area contributed by atoms with Crippen LogP contribution < -0.4 is 14.5 Å². The molecule has 1 aromatic heterocycles. The van der Waals surface area contributed by atoms with E-state index >= 15 is 0 Å². The number of anilines is 2. The van der Waals surface area contributed by atoms with E-state index in [1.165, 1.54) is 19.3 Å². The molecule has 0 N–H and O–H groups in total. The number of benzene rings is 1. The van der Waals surface area contributed by atoms with E-state index in [2.05, 4.69) is 14.8 Å². The van der Waals surface area contributed by atoms with Crippen LogP contribution in [-0.2, 0) is 10.0 Å². The van der Waals surface area contributed by atoms with Crippen LogP contribution in [0.5, 0.6) is 5.75 Å². The van der Waals surface area contributed by atoms with Gasteiger partial charge in [0.15, 0.2) is 0 Å². The Morgan fingerprint density at radius 1 is 0.903 bits per heavy atom. The van der Waals surface area contributed by atoms with Gasteiger partial charge in [0.25, 0.3) is 0 Å². The normalized spacial score (nSPS) is 18.3. The molecule has 168 valence electrons. The summed E-state index contributed by atoms with van der Waals surface area (Å²) in [7, 11) is -1.96. The fourth-order valence-corrected chi connectivity index (χ4v) is 6.03. The number of piperidine rings is 1. The van der Waals surface area contributed by atoms with Crippen molar-refractivity contribution in [3.8, 4) is 5.75 Å². The minimum atomic E-state index is -3.56. The highest BCUT2D eigenvalue weighted by molar-refractivity contribution is 7.89. The van der Waals surface area contributed by atoms with Gasteiger partial charge < -0.3 is 14.5 Å². The average Bonchev–Trinajstić information content (AvgIpc) is 2.81. The molecule has 0 spiro atoms. The highest BCUT2D eigenvalue weighted by Gasteiger charge is 2.31. The first-order valence-corrected chi connectivity index (χ1v) is 12.3. The van der Waals surface area contributed by atoms with Crippen LogP contribution in [-0.4, -0.2) is 69.1 Å². The van der Waals surface area contributed by atoms with Gasteiger partial charge in [-0.25, -0.2) is 13.4 Å². The van der Waals surface area contributed by atoms with Crippen LogP contribution in [0.4, 0.5) is 11.8 Å². The Bertz CT molecular complexity index is 1030. The Labute approximate surface area is 184 Å². The average molecular weight is 446 g/mol. The third kappa shape index (κ3) is 4.48. The zero-order chi connectivity index (χ0) is 22.0. The van der Waals surface area contributed by atoms with E-state index < -0.39 is 10.0 Å². The molecule has 0 saturated carbocycles. The van der Waals surface area contributed by atoms with Crippen LogP contribution in [0.1, 0.15) is 30.4 Å². The van der Waals surface area contributed by atoms with Crippen molar-refractivity contribution in [1.29, 1.82) is 0 Å². The molecule has 0 radical (unpaired) electrons. The number of ether oxygens (including phenoxy) is 1. The Morgan fingerprint density at radius 2 is 1.61 bits per heavy atom. The first kappa shape index (κ1) is 21.8. The monoisotopic (exact) mass is 445 g/mol. The third-order valence-corrected chi connectivity index (χ3v) is 8.18. The van der Waals surface area contributed by atoms with Crippen molar-refractivity contribution in [3.63, 3.8) is 0 Å². The van der Waals surface area contributed by atoms with Crippen molar-refractivity contribution in [2.75, 3.05) is 56.2 Å². The van der Waals surface area contributed by atoms with Gasteiger partial charge in [0.05, 0.1) is 12.0 Å². The number of aryl methyl sites for hydroxylation is 2. The molecule has 0 aliphatic carbocycles. The van der Waals surface area contributed by atoms with Crippen molar-refractivity contribution in [2.45, 2.75) is 38.0 Å². The lowest BCUT2D eigenvalue weighted by Gasteiger charge is -2.35. The lowest BCUT2D eigenvalue weighted by molar-refractivity contribution is 0.383. The molecule has 31 heavy (non-hydrogen) atoms. The highest BCUT2D eigenvalue weighted by atomic mass is 32.2. The van der Waals surface area contributed by atoms with E-state index in [-0.39, 0.29) is 0 Å². The van der Waals surface area contributed by atoms with Gasteiger partial charge in [-0.2, -0.15) is 9.29 Å². The molecule has 0 amide bonds. The molecule has 3 heterocycles. The SMILES string of the molecule is COc1cc(C)c(S(=O)(=O)N2CCN(c3ccnc(N4CCCCC4)n3)CC2)cc1C. The minimum Gasteiger partial charge on any atom is -0.496 e. The van der Waals surface area contributed by atoms with Gasteiger partial charge in [-0.1, -0.05) is 0 Å². The summed E-state index contributed by atoms with van der Waals surface area (Å²) in [6.07, 6.45) is 5.42. The number of sulfonamides is 1. The quantitative estimate of drug-likeness (QED) is 0.700. The first-order valence-electron chi connectivity index (χ1n) is 10.9. The summed E-state index contributed by atoms with van der Waals surface area (Å²) in [5.74, 6) is 2.34. The van der Waals surface area contributed by atoms with E-state index in [1.807, 2.05) is 19.9 Å². The van der Waals surface area contributed by atoms with Crippen molar-refractivity contribution < 1.29 is 13.2 Å². The van der Waals surface area contributed by atoms with Crippen LogP contribution in [0.15, 0.2) is 29.3 Å². The van der Waals surface area contributed by atoms with E-state index in [0.717, 1.165) is 30.4 Å². The van der Waals surface area contributed by atoms with Gasteiger partial charge in [-0.15, -0.1) is 0 Å². The second-order valence-electron chi connectivity index (χ2n) is 8.24. The molecule has 0 atom stereocenters. The molecule has 1 aromatic carbocycles. The lowest BCUT2D eigenvalue weighted by Crippen LogP contribution is -2.49. The van der Waals surface area contributed by atoms with Gasteiger partial charge >= 0.3 is 0 Å². The van der Waals surface area contributed by atoms with Crippen molar-refractivity contribution in [1.82, 2.24) is 14.3 Å². The summed E-state index contributed by atoms with van der Waals surface area (Å²) in [6.45, 7) is 7.73. The summed E-state index contributed by atoms with van der Waals surface area (Å²) < 4.78 is 33.5. The maximum Gasteiger partial charge on any atom is 0.243 e. The molecule has 0 unspecified atom stereocenters. The van der Waals surface area contributed by atoms with Gasteiger partial charge in [0.2, 0.25) is 16.0 Å². The molecule has 8 nitrogen and oxygen atoms in total. The zero-order valence-electron chi connectivity index (χ0n) is 18.5. The van der Waals surface area contributed by atoms with E-state index in [4.69, 9.17) is 9.72 Å². The number of hydrogen-bond acceptors (Lipinski definition) is 7. The molecule has 2 fully saturated rings. The second kappa shape index (κ2) is 9.00. The fourth-order valence-electron chi connectivity index (χ4n) is 4.32. The first-order chi connectivity index (χ1) is 14.9. The summed E-state index contributed by atoms with van der Waals surface area (Å²) in [6, 6.07) is 5.42. The number of nitrogens with zero attached hydrogens (tertiary/aromatic N) is 5. The summed E-state index contributed by atoms with van der Waals surface area (Å²) >= 11 is 0. The summed E-state index contributed by atoms with van der Waals surface area (Å²) in [5.41, 5.74) is 1.52. The molecule has 2 aliphatic heterocycles. The summed E-state index contributed by atoms with van der Waals surface area (Å²) in [4.78, 5) is 14.0. The van der Waals surface area contributed by atoms with E-state index in [0.29, 0.717) is 42.4 Å². The minimum absolute atomic E-state index is 0.355. The predicted molar refractivity (Wildman–Crippen MR) is 122 cm³/mol. The Balaban J connectivity index is 1.47. The molecular weight excluding hydrogens is 414 g/mol. The van der Waals surface area contributed by atoms with E-state index in [9.17, 15) is 8.42 Å². The smallest absolute Gasteiger partial charge is 0.243 e. The molecule has 0 bridgehead atoms. The molecule has 9 heteroatoms. The standard InChI is InChI=1S/C22H31N5O3S/c1-17-16-20(18(2)15-19(17)30-3)31(28,29)27-13-11-25(12-14-27)21-7-8-23-22(24-21)26-9-5-4-6-10-26/h7-8,15-16H,4-6,9-14H2,1-3H3. The molecular formula is C22H31N5O3S. The Hall–Kier alpha value is -2.39. The van der Waals surface area contributed by atoms with Gasteiger partial charge in [0.1, 0.15) is 11.6 Å². The summed E-state index contributed by atoms with van der Waals surface area (Å²) in [5, 5.41) is 0. The number of piperazine rings is 1. The predicted octanol–water partition coefficient (Wildman–Crippen LogP) is 2.60. The van der Waals surface area contributed by atoms with Crippen LogP contribution in [0.2, 0.25) is 0 Å². The van der Waals surface area contributed by atoms with Gasteiger partial charge in [-0.3, -0.25) is 0 Å². The lowest BCUT2D eigenvalue weighted by atomic mass is 10.1. The van der Waals surface area contributed by atoms with E-state index in [1.54, 1.807) is 29.7 Å². The number of rotatable bonds is 5. The largest absolute Gasteiger partial charge is 0.496 e. The molecule has 2 saturated heterocycles. The zero-order valence-corrected chi connectivity index (χ0v) is 19.4. The Morgan fingerprint density at radius 3 is 2.29 bits per heavy atom. The molecule has 2 aliphatic rings. The molecule has 4 rings (SSSR count). The van der Waals surface area contributed by atoms with Gasteiger partial charge in [0, 0.05) is 45.5 Å². The van der Waals surface area contributed by atoms with Gasteiger partial charge in [-0.05, 0) is 62.4 Å². The van der Waals surface area contributed by atoms with Crippen LogP contribution >= 0.6 is 0 Å². The highest BCUT2D eigenvalue weighted by Crippen LogP contribution is 2.29.